The van der Waals surface area contributed by atoms with Gasteiger partial charge in [0.2, 0.25) is 0 Å². The predicted octanol–water partition coefficient (Wildman–Crippen LogP) is 3.47. The fourth-order valence-corrected chi connectivity index (χ4v) is 2.71. The van der Waals surface area contributed by atoms with Crippen molar-refractivity contribution in [3.05, 3.63) is 0 Å². The zero-order valence-corrected chi connectivity index (χ0v) is 7.78. The van der Waals surface area contributed by atoms with Crippen molar-refractivity contribution >= 4 is 0 Å². The van der Waals surface area contributed by atoms with Gasteiger partial charge in [-0.3, -0.25) is 0 Å². The fraction of sp³-hybridized carbons (Fsp3) is 1.00. The van der Waals surface area contributed by atoms with Crippen LogP contribution in [0.25, 0.3) is 0 Å². The summed E-state index contributed by atoms with van der Waals surface area (Å²) in [5, 5.41) is 0. The summed E-state index contributed by atoms with van der Waals surface area (Å²) in [6.45, 7) is 9.58. The van der Waals surface area contributed by atoms with E-state index < -0.39 is 0 Å². The van der Waals surface area contributed by atoms with Crippen LogP contribution in [0.2, 0.25) is 0 Å². The highest BCUT2D eigenvalue weighted by atomic mass is 14.4. The Balaban J connectivity index is 2.63. The SMILES string of the molecule is CCC1C(C)CCC1(C)C. The molecule has 0 nitrogen and oxygen atoms in total. The minimum Gasteiger partial charge on any atom is -0.0651 e. The minimum atomic E-state index is 0.633. The van der Waals surface area contributed by atoms with E-state index in [2.05, 4.69) is 27.7 Å². The molecule has 10 heavy (non-hydrogen) atoms. The van der Waals surface area contributed by atoms with Gasteiger partial charge in [0.25, 0.3) is 0 Å². The molecule has 0 radical (unpaired) electrons. The van der Waals surface area contributed by atoms with Crippen LogP contribution in [-0.4, -0.2) is 0 Å². The van der Waals surface area contributed by atoms with Crippen LogP contribution in [0.1, 0.15) is 47.0 Å². The molecule has 2 atom stereocenters. The monoisotopic (exact) mass is 140 g/mol. The van der Waals surface area contributed by atoms with Crippen molar-refractivity contribution < 1.29 is 0 Å². The van der Waals surface area contributed by atoms with E-state index in [9.17, 15) is 0 Å². The first-order valence-corrected chi connectivity index (χ1v) is 4.58. The Kier molecular flexibility index (Phi) is 2.07. The van der Waals surface area contributed by atoms with Crippen molar-refractivity contribution in [2.24, 2.45) is 17.3 Å². The first-order valence-electron chi connectivity index (χ1n) is 4.58. The maximum absolute atomic E-state index is 2.42. The summed E-state index contributed by atoms with van der Waals surface area (Å²) in [7, 11) is 0. The highest BCUT2D eigenvalue weighted by Crippen LogP contribution is 2.47. The van der Waals surface area contributed by atoms with Crippen LogP contribution in [0.5, 0.6) is 0 Å². The van der Waals surface area contributed by atoms with Crippen molar-refractivity contribution in [3.63, 3.8) is 0 Å². The molecule has 2 unspecified atom stereocenters. The largest absolute Gasteiger partial charge is 0.0651 e. The van der Waals surface area contributed by atoms with Crippen molar-refractivity contribution in [2.45, 2.75) is 47.0 Å². The lowest BCUT2D eigenvalue weighted by Crippen LogP contribution is -2.19. The molecule has 0 heterocycles. The van der Waals surface area contributed by atoms with Crippen LogP contribution < -0.4 is 0 Å². The molecule has 1 aliphatic carbocycles. The zero-order valence-electron chi connectivity index (χ0n) is 7.78. The molecule has 0 spiro atoms. The van der Waals surface area contributed by atoms with Gasteiger partial charge in [0.15, 0.2) is 0 Å². The molecule has 0 aromatic rings. The van der Waals surface area contributed by atoms with E-state index in [4.69, 9.17) is 0 Å². The molecular weight excluding hydrogens is 120 g/mol. The van der Waals surface area contributed by atoms with Gasteiger partial charge in [0.1, 0.15) is 0 Å². The highest BCUT2D eigenvalue weighted by Gasteiger charge is 2.37. The third-order valence-corrected chi connectivity index (χ3v) is 3.37. The average Bonchev–Trinajstić information content (AvgIpc) is 2.07. The number of hydrogen-bond acceptors (Lipinski definition) is 0. The second-order valence-corrected chi connectivity index (χ2v) is 4.52. The molecule has 0 aromatic heterocycles. The Morgan fingerprint density at radius 3 is 2.20 bits per heavy atom. The zero-order chi connectivity index (χ0) is 7.78. The van der Waals surface area contributed by atoms with E-state index in [-0.39, 0.29) is 0 Å². The standard InChI is InChI=1S/C10H20/c1-5-9-8(2)6-7-10(9,3)4/h8-9H,5-7H2,1-4H3. The van der Waals surface area contributed by atoms with Gasteiger partial charge in [-0.15, -0.1) is 0 Å². The Morgan fingerprint density at radius 1 is 1.40 bits per heavy atom. The molecule has 0 saturated heterocycles. The third-order valence-electron chi connectivity index (χ3n) is 3.37. The van der Waals surface area contributed by atoms with Crippen LogP contribution in [0, 0.1) is 17.3 Å². The lowest BCUT2D eigenvalue weighted by molar-refractivity contribution is 0.219. The summed E-state index contributed by atoms with van der Waals surface area (Å²) in [5.41, 5.74) is 0.633. The molecule has 0 aliphatic heterocycles. The van der Waals surface area contributed by atoms with Crippen LogP contribution in [0.15, 0.2) is 0 Å². The Morgan fingerprint density at radius 2 is 2.00 bits per heavy atom. The molecule has 0 heteroatoms. The molecule has 0 amide bonds. The van der Waals surface area contributed by atoms with Crippen LogP contribution in [0.4, 0.5) is 0 Å². The van der Waals surface area contributed by atoms with E-state index in [0.717, 1.165) is 11.8 Å². The summed E-state index contributed by atoms with van der Waals surface area (Å²) in [5.74, 6) is 1.95. The first-order chi connectivity index (χ1) is 4.58. The van der Waals surface area contributed by atoms with Crippen molar-refractivity contribution in [2.75, 3.05) is 0 Å². The molecule has 1 saturated carbocycles. The molecule has 0 bridgehead atoms. The second-order valence-electron chi connectivity index (χ2n) is 4.52. The van der Waals surface area contributed by atoms with E-state index in [1.165, 1.54) is 19.3 Å². The predicted molar refractivity (Wildman–Crippen MR) is 46.0 cm³/mol. The van der Waals surface area contributed by atoms with Crippen molar-refractivity contribution in [1.29, 1.82) is 0 Å². The van der Waals surface area contributed by atoms with Gasteiger partial charge in [0, 0.05) is 0 Å². The first kappa shape index (κ1) is 8.10. The van der Waals surface area contributed by atoms with Gasteiger partial charge < -0.3 is 0 Å². The van der Waals surface area contributed by atoms with E-state index in [0.29, 0.717) is 5.41 Å². The van der Waals surface area contributed by atoms with E-state index >= 15 is 0 Å². The molecule has 0 N–H and O–H groups in total. The molecule has 1 fully saturated rings. The van der Waals surface area contributed by atoms with Gasteiger partial charge >= 0.3 is 0 Å². The van der Waals surface area contributed by atoms with Crippen LogP contribution >= 0.6 is 0 Å². The smallest absolute Gasteiger partial charge is 0.0323 e. The third kappa shape index (κ3) is 1.21. The van der Waals surface area contributed by atoms with Crippen molar-refractivity contribution in [1.82, 2.24) is 0 Å². The van der Waals surface area contributed by atoms with E-state index in [1.807, 2.05) is 0 Å². The normalized spacial score (nSPS) is 38.4. The Hall–Kier alpha value is 0. The summed E-state index contributed by atoms with van der Waals surface area (Å²) in [6, 6.07) is 0. The minimum absolute atomic E-state index is 0.633. The average molecular weight is 140 g/mol. The summed E-state index contributed by atoms with van der Waals surface area (Å²) in [4.78, 5) is 0. The lowest BCUT2D eigenvalue weighted by atomic mass is 9.78. The molecule has 0 aromatic carbocycles. The molecule has 1 rings (SSSR count). The van der Waals surface area contributed by atoms with Gasteiger partial charge in [0.05, 0.1) is 0 Å². The fourth-order valence-electron chi connectivity index (χ4n) is 2.71. The molecule has 1 aliphatic rings. The Labute approximate surface area is 65.0 Å². The highest BCUT2D eigenvalue weighted by molar-refractivity contribution is 4.87. The quantitative estimate of drug-likeness (QED) is 0.523. The molecule has 60 valence electrons. The number of rotatable bonds is 1. The summed E-state index contributed by atoms with van der Waals surface area (Å²) in [6.07, 6.45) is 4.26. The van der Waals surface area contributed by atoms with Gasteiger partial charge in [-0.1, -0.05) is 34.1 Å². The van der Waals surface area contributed by atoms with Crippen LogP contribution in [-0.2, 0) is 0 Å². The topological polar surface area (TPSA) is 0 Å². The molecular formula is C10H20. The lowest BCUT2D eigenvalue weighted by Gasteiger charge is -2.28. The number of hydrogen-bond donors (Lipinski definition) is 0. The van der Waals surface area contributed by atoms with Crippen molar-refractivity contribution in [3.8, 4) is 0 Å². The van der Waals surface area contributed by atoms with Crippen LogP contribution in [0.3, 0.4) is 0 Å². The summed E-state index contributed by atoms with van der Waals surface area (Å²) >= 11 is 0. The van der Waals surface area contributed by atoms with Gasteiger partial charge in [-0.25, -0.2) is 0 Å². The summed E-state index contributed by atoms with van der Waals surface area (Å²) < 4.78 is 0. The van der Waals surface area contributed by atoms with E-state index in [1.54, 1.807) is 0 Å². The second kappa shape index (κ2) is 2.56. The van der Waals surface area contributed by atoms with Gasteiger partial charge in [-0.2, -0.15) is 0 Å². The maximum atomic E-state index is 2.42. The Bertz CT molecular complexity index is 113. The van der Waals surface area contributed by atoms with Gasteiger partial charge in [-0.05, 0) is 30.1 Å². The maximum Gasteiger partial charge on any atom is -0.0323 e.